The van der Waals surface area contributed by atoms with Crippen LogP contribution in [0, 0.1) is 5.82 Å². The summed E-state index contributed by atoms with van der Waals surface area (Å²) in [4.78, 5) is 35.9. The molecular weight excluding hydrogens is 503 g/mol. The Morgan fingerprint density at radius 1 is 1.28 bits per heavy atom. The van der Waals surface area contributed by atoms with Gasteiger partial charge in [-0.3, -0.25) is 14.3 Å². The summed E-state index contributed by atoms with van der Waals surface area (Å²) in [6, 6.07) is 6.35. The zero-order valence-corrected chi connectivity index (χ0v) is 21.9. The second-order valence-electron chi connectivity index (χ2n) is 9.77. The molecule has 5 rings (SSSR count). The van der Waals surface area contributed by atoms with Crippen molar-refractivity contribution in [3.05, 3.63) is 48.0 Å². The number of benzene rings is 2. The number of nitrogens with one attached hydrogen (secondary N) is 2. The van der Waals surface area contributed by atoms with Crippen LogP contribution in [0.5, 0.6) is 6.01 Å². The van der Waals surface area contributed by atoms with E-state index in [2.05, 4.69) is 25.7 Å². The van der Waals surface area contributed by atoms with Crippen molar-refractivity contribution in [2.45, 2.75) is 32.2 Å². The Kier molecular flexibility index (Phi) is 7.55. The molecule has 39 heavy (non-hydrogen) atoms. The minimum atomic E-state index is -0.530. The zero-order chi connectivity index (χ0) is 27.5. The summed E-state index contributed by atoms with van der Waals surface area (Å²) < 4.78 is 21.9. The van der Waals surface area contributed by atoms with Gasteiger partial charge < -0.3 is 26.0 Å². The van der Waals surface area contributed by atoms with Crippen molar-refractivity contribution >= 4 is 45.0 Å². The van der Waals surface area contributed by atoms with E-state index in [4.69, 9.17) is 10.5 Å². The highest BCUT2D eigenvalue weighted by Crippen LogP contribution is 2.28. The lowest BCUT2D eigenvalue weighted by Crippen LogP contribution is -2.26. The van der Waals surface area contributed by atoms with Gasteiger partial charge in [-0.05, 0) is 44.0 Å². The van der Waals surface area contributed by atoms with Crippen molar-refractivity contribution in [1.29, 1.82) is 0 Å². The largest absolute Gasteiger partial charge is 0.463 e. The molecule has 1 fully saturated rings. The van der Waals surface area contributed by atoms with Gasteiger partial charge in [0.1, 0.15) is 5.52 Å². The van der Waals surface area contributed by atoms with Crippen molar-refractivity contribution in [2.24, 2.45) is 12.8 Å². The van der Waals surface area contributed by atoms with Crippen LogP contribution in [0.1, 0.15) is 36.5 Å². The lowest BCUT2D eigenvalue weighted by molar-refractivity contribution is -0.127. The molecule has 1 aliphatic rings. The SMILES string of the molecule is C[C@@H](N)CNc1ccc(C(=O)Nc2cc(F)c3nn(C)cc3c2)c2nc(OCCCN3CCCC3=O)ncc12. The van der Waals surface area contributed by atoms with Crippen LogP contribution in [0.15, 0.2) is 36.7 Å². The van der Waals surface area contributed by atoms with Gasteiger partial charge >= 0.3 is 6.01 Å². The molecule has 2 aromatic carbocycles. The maximum Gasteiger partial charge on any atom is 0.316 e. The molecule has 0 radical (unpaired) electrons. The molecule has 4 aromatic rings. The molecule has 1 atom stereocenters. The fourth-order valence-corrected chi connectivity index (χ4v) is 4.62. The van der Waals surface area contributed by atoms with Crippen LogP contribution in [-0.2, 0) is 11.8 Å². The lowest BCUT2D eigenvalue weighted by Gasteiger charge is -2.16. The van der Waals surface area contributed by atoms with Crippen LogP contribution in [0.25, 0.3) is 21.8 Å². The number of ether oxygens (including phenoxy) is 1. The van der Waals surface area contributed by atoms with Gasteiger partial charge in [0.05, 0.1) is 17.7 Å². The molecule has 204 valence electrons. The summed E-state index contributed by atoms with van der Waals surface area (Å²) in [6.07, 6.45) is 5.41. The van der Waals surface area contributed by atoms with E-state index in [0.717, 1.165) is 18.7 Å². The number of fused-ring (bicyclic) bond motifs is 2. The molecule has 3 heterocycles. The molecule has 0 aliphatic carbocycles. The van der Waals surface area contributed by atoms with Crippen molar-refractivity contribution < 1.29 is 18.7 Å². The standard InChI is InChI=1S/C27H31FN8O3/c1-16(29)13-30-22-7-6-19(26(38)32-18-11-17-15-35(2)34-24(17)21(28)12-18)25-20(22)14-31-27(33-25)39-10-4-9-36-8-3-5-23(36)37/h6-7,11-12,14-16,30H,3-5,8-10,13,29H2,1-2H3,(H,32,38)/t16-/m1/s1. The molecule has 0 spiro atoms. The summed E-state index contributed by atoms with van der Waals surface area (Å²) in [6.45, 7) is 4.11. The molecule has 0 bridgehead atoms. The molecule has 11 nitrogen and oxygen atoms in total. The number of amides is 2. The van der Waals surface area contributed by atoms with Crippen LogP contribution in [0.2, 0.25) is 0 Å². The monoisotopic (exact) mass is 534 g/mol. The van der Waals surface area contributed by atoms with Crippen LogP contribution in [0.4, 0.5) is 15.8 Å². The first-order chi connectivity index (χ1) is 18.8. The molecule has 0 unspecified atom stereocenters. The maximum absolute atomic E-state index is 14.6. The van der Waals surface area contributed by atoms with Crippen molar-refractivity contribution in [3.63, 3.8) is 0 Å². The van der Waals surface area contributed by atoms with Gasteiger partial charge in [-0.2, -0.15) is 10.1 Å². The number of nitrogens with zero attached hydrogens (tertiary/aromatic N) is 5. The van der Waals surface area contributed by atoms with Gasteiger partial charge in [-0.15, -0.1) is 0 Å². The molecule has 0 saturated carbocycles. The third-order valence-electron chi connectivity index (χ3n) is 6.50. The Bertz CT molecular complexity index is 1540. The van der Waals surface area contributed by atoms with E-state index in [-0.39, 0.29) is 29.0 Å². The van der Waals surface area contributed by atoms with Gasteiger partial charge in [0.2, 0.25) is 5.91 Å². The number of aromatic nitrogens is 4. The number of likely N-dealkylation sites (tertiary alicyclic amines) is 1. The first kappa shape index (κ1) is 26.3. The van der Waals surface area contributed by atoms with Gasteiger partial charge in [-0.25, -0.2) is 9.37 Å². The minimum Gasteiger partial charge on any atom is -0.463 e. The van der Waals surface area contributed by atoms with Crippen LogP contribution in [-0.4, -0.2) is 68.7 Å². The van der Waals surface area contributed by atoms with E-state index in [1.54, 1.807) is 37.6 Å². The second kappa shape index (κ2) is 11.2. The highest BCUT2D eigenvalue weighted by molar-refractivity contribution is 6.14. The Labute approximate surface area is 224 Å². The average molecular weight is 535 g/mol. The summed E-state index contributed by atoms with van der Waals surface area (Å²) in [7, 11) is 1.70. The number of carbonyl (C=O) groups excluding carboxylic acids is 2. The molecule has 4 N–H and O–H groups in total. The van der Waals surface area contributed by atoms with Crippen LogP contribution >= 0.6 is 0 Å². The highest BCUT2D eigenvalue weighted by atomic mass is 19.1. The predicted molar refractivity (Wildman–Crippen MR) is 146 cm³/mol. The number of halogens is 1. The number of hydrogen-bond acceptors (Lipinski definition) is 8. The Balaban J connectivity index is 1.39. The smallest absolute Gasteiger partial charge is 0.316 e. The molecule has 2 amide bonds. The van der Waals surface area contributed by atoms with Gasteiger partial charge in [0.15, 0.2) is 5.82 Å². The number of carbonyl (C=O) groups is 2. The van der Waals surface area contributed by atoms with Gasteiger partial charge in [-0.1, -0.05) is 0 Å². The Morgan fingerprint density at radius 2 is 2.13 bits per heavy atom. The number of aryl methyl sites for hydroxylation is 1. The number of nitrogens with two attached hydrogens (primary N) is 1. The average Bonchev–Trinajstić information content (AvgIpc) is 3.49. The predicted octanol–water partition coefficient (Wildman–Crippen LogP) is 3.06. The van der Waals surface area contributed by atoms with Gasteiger partial charge in [0, 0.05) is 73.7 Å². The van der Waals surface area contributed by atoms with E-state index in [0.29, 0.717) is 54.5 Å². The highest BCUT2D eigenvalue weighted by Gasteiger charge is 2.20. The lowest BCUT2D eigenvalue weighted by atomic mass is 10.1. The number of hydrogen-bond donors (Lipinski definition) is 3. The zero-order valence-electron chi connectivity index (χ0n) is 21.9. The topological polar surface area (TPSA) is 140 Å². The van der Waals surface area contributed by atoms with Gasteiger partial charge in [0.25, 0.3) is 5.91 Å². The van der Waals surface area contributed by atoms with E-state index in [1.165, 1.54) is 10.7 Å². The third-order valence-corrected chi connectivity index (χ3v) is 6.50. The fraction of sp³-hybridized carbons (Fsp3) is 0.370. The number of rotatable bonds is 10. The Hall–Kier alpha value is -4.32. The second-order valence-corrected chi connectivity index (χ2v) is 9.77. The van der Waals surface area contributed by atoms with Crippen molar-refractivity contribution in [1.82, 2.24) is 24.6 Å². The van der Waals surface area contributed by atoms with Crippen LogP contribution < -0.4 is 21.1 Å². The summed E-state index contributed by atoms with van der Waals surface area (Å²) in [5, 5.41) is 11.3. The number of anilines is 2. The maximum atomic E-state index is 14.6. The van der Waals surface area contributed by atoms with Crippen LogP contribution in [0.3, 0.4) is 0 Å². The van der Waals surface area contributed by atoms with Crippen molar-refractivity contribution in [2.75, 3.05) is 36.9 Å². The van der Waals surface area contributed by atoms with E-state index in [9.17, 15) is 14.0 Å². The Morgan fingerprint density at radius 3 is 2.90 bits per heavy atom. The molecule has 1 aliphatic heterocycles. The summed E-state index contributed by atoms with van der Waals surface area (Å²) in [5.41, 5.74) is 7.82. The summed E-state index contributed by atoms with van der Waals surface area (Å²) >= 11 is 0. The first-order valence-electron chi connectivity index (χ1n) is 12.9. The van der Waals surface area contributed by atoms with E-state index < -0.39 is 11.7 Å². The molecular formula is C27H31FN8O3. The first-order valence-corrected chi connectivity index (χ1v) is 12.9. The fourth-order valence-electron chi connectivity index (χ4n) is 4.62. The minimum absolute atomic E-state index is 0.0914. The molecule has 1 saturated heterocycles. The molecule has 2 aromatic heterocycles. The third kappa shape index (κ3) is 5.90. The summed E-state index contributed by atoms with van der Waals surface area (Å²) in [5.74, 6) is -0.821. The molecule has 12 heteroatoms. The van der Waals surface area contributed by atoms with E-state index in [1.807, 2.05) is 11.8 Å². The quantitative estimate of drug-likeness (QED) is 0.264. The normalized spacial score (nSPS) is 14.3. The van der Waals surface area contributed by atoms with E-state index >= 15 is 0 Å². The van der Waals surface area contributed by atoms with Crippen molar-refractivity contribution in [3.8, 4) is 6.01 Å².